The van der Waals surface area contributed by atoms with E-state index in [9.17, 15) is 18.3 Å². The molecule has 238 valence electrons. The Morgan fingerprint density at radius 1 is 0.723 bits per heavy atom. The fourth-order valence-electron chi connectivity index (χ4n) is 5.80. The van der Waals surface area contributed by atoms with Crippen LogP contribution < -0.4 is 0 Å². The average molecular weight is 809 g/mol. The number of benzene rings is 4. The van der Waals surface area contributed by atoms with Gasteiger partial charge in [-0.3, -0.25) is 15.0 Å². The molecule has 1 N–H and O–H groups in total. The molecule has 47 heavy (non-hydrogen) atoms. The molecule has 0 atom stereocenters. The van der Waals surface area contributed by atoms with Gasteiger partial charge >= 0.3 is 6.18 Å². The summed E-state index contributed by atoms with van der Waals surface area (Å²) in [6, 6.07) is 30.0. The second-order valence-electron chi connectivity index (χ2n) is 12.2. The second kappa shape index (κ2) is 12.1. The number of alkyl halides is 3. The zero-order valence-electron chi connectivity index (χ0n) is 25.6. The van der Waals surface area contributed by atoms with Crippen LogP contribution in [0.25, 0.3) is 61.3 Å². The first kappa shape index (κ1) is 32.1. The molecule has 0 aliphatic carbocycles. The van der Waals surface area contributed by atoms with Crippen LogP contribution in [-0.4, -0.2) is 24.6 Å². The third-order valence-electron chi connectivity index (χ3n) is 8.13. The van der Waals surface area contributed by atoms with Gasteiger partial charge in [0.25, 0.3) is 0 Å². The Balaban J connectivity index is 0.00000386. The first-order valence-corrected chi connectivity index (χ1v) is 14.7. The first-order chi connectivity index (χ1) is 22.0. The van der Waals surface area contributed by atoms with Crippen LogP contribution >= 0.6 is 0 Å². The first-order valence-electron chi connectivity index (χ1n) is 14.7. The number of halogens is 3. The second-order valence-corrected chi connectivity index (χ2v) is 12.2. The number of para-hydroxylation sites is 1. The number of fused-ring (bicyclic) bond motifs is 2. The molecule has 0 unspecified atom stereocenters. The smallest absolute Gasteiger partial charge is 0.415 e. The van der Waals surface area contributed by atoms with Gasteiger partial charge in [0.05, 0.1) is 23.1 Å². The third kappa shape index (κ3) is 5.94. The van der Waals surface area contributed by atoms with Crippen LogP contribution in [0.2, 0.25) is 0 Å². The molecule has 4 aromatic carbocycles. The van der Waals surface area contributed by atoms with Crippen molar-refractivity contribution in [1.82, 2.24) is 19.5 Å². The maximum Gasteiger partial charge on any atom is 0.415 e. The van der Waals surface area contributed by atoms with Crippen LogP contribution in [0.4, 0.5) is 13.2 Å². The van der Waals surface area contributed by atoms with Crippen molar-refractivity contribution in [3.8, 4) is 45.1 Å². The van der Waals surface area contributed by atoms with Gasteiger partial charge in [0, 0.05) is 61.4 Å². The van der Waals surface area contributed by atoms with Crippen molar-refractivity contribution in [3.63, 3.8) is 0 Å². The van der Waals surface area contributed by atoms with Crippen molar-refractivity contribution in [3.05, 3.63) is 127 Å². The van der Waals surface area contributed by atoms with Gasteiger partial charge in [-0.05, 0) is 52.8 Å². The Bertz CT molecular complexity index is 2250. The fourth-order valence-corrected chi connectivity index (χ4v) is 5.80. The third-order valence-corrected chi connectivity index (χ3v) is 8.13. The van der Waals surface area contributed by atoms with Gasteiger partial charge in [0.15, 0.2) is 0 Å². The van der Waals surface area contributed by atoms with Gasteiger partial charge in [-0.1, -0.05) is 68.3 Å². The van der Waals surface area contributed by atoms with Gasteiger partial charge in [0.1, 0.15) is 5.75 Å². The number of rotatable bonds is 4. The average Bonchev–Trinajstić information content (AvgIpc) is 3.44. The fraction of sp³-hybridized carbons (Fsp3) is 0.132. The van der Waals surface area contributed by atoms with Gasteiger partial charge in [-0.25, -0.2) is 0 Å². The molecule has 0 aliphatic heterocycles. The van der Waals surface area contributed by atoms with E-state index in [1.54, 1.807) is 42.7 Å². The predicted molar refractivity (Wildman–Crippen MR) is 175 cm³/mol. The molecule has 3 heterocycles. The molecule has 0 saturated carbocycles. The minimum atomic E-state index is -4.53. The van der Waals surface area contributed by atoms with E-state index in [0.29, 0.717) is 50.1 Å². The van der Waals surface area contributed by atoms with Crippen molar-refractivity contribution >= 4 is 21.9 Å². The summed E-state index contributed by atoms with van der Waals surface area (Å²) >= 11 is 0. The van der Waals surface area contributed by atoms with Crippen LogP contribution in [0.5, 0.6) is 5.75 Å². The van der Waals surface area contributed by atoms with E-state index in [0.717, 1.165) is 23.3 Å². The van der Waals surface area contributed by atoms with E-state index in [1.165, 1.54) is 11.8 Å². The Morgan fingerprint density at radius 3 is 2.19 bits per heavy atom. The number of aromatic hydroxyl groups is 1. The van der Waals surface area contributed by atoms with Crippen LogP contribution in [0.3, 0.4) is 0 Å². The zero-order chi connectivity index (χ0) is 32.2. The number of pyridine rings is 2. The van der Waals surface area contributed by atoms with E-state index in [-0.39, 0.29) is 32.2 Å². The SMILES string of the molecule is CC(C)(C)c1ccc(-n2c(-c3[c-]c(-c4cc(C(F)(F)F)cc5cccnc45)ccc3)nc3c(-c4ccncc4O)cccc32)cc1.[Pt]. The molecular weight excluding hydrogens is 781 g/mol. The summed E-state index contributed by atoms with van der Waals surface area (Å²) in [5.41, 5.74) is 5.77. The predicted octanol–water partition coefficient (Wildman–Crippen LogP) is 9.79. The number of imidazole rings is 1. The topological polar surface area (TPSA) is 63.8 Å². The summed E-state index contributed by atoms with van der Waals surface area (Å²) in [5.74, 6) is 0.573. The largest absolute Gasteiger partial charge is 0.506 e. The Kier molecular flexibility index (Phi) is 8.27. The van der Waals surface area contributed by atoms with Gasteiger partial charge in [-0.2, -0.15) is 13.2 Å². The maximum atomic E-state index is 14.0. The maximum absolute atomic E-state index is 14.0. The Morgan fingerprint density at radius 2 is 1.47 bits per heavy atom. The van der Waals surface area contributed by atoms with Crippen molar-refractivity contribution in [2.24, 2.45) is 0 Å². The van der Waals surface area contributed by atoms with E-state index in [2.05, 4.69) is 48.9 Å². The molecule has 0 fully saturated rings. The Labute approximate surface area is 284 Å². The van der Waals surface area contributed by atoms with Crippen molar-refractivity contribution < 1.29 is 39.3 Å². The molecule has 0 spiro atoms. The molecule has 0 aliphatic rings. The molecule has 5 nitrogen and oxygen atoms in total. The molecule has 7 rings (SSSR count). The monoisotopic (exact) mass is 808 g/mol. The molecule has 0 amide bonds. The van der Waals surface area contributed by atoms with Gasteiger partial charge in [0.2, 0.25) is 0 Å². The molecule has 3 aromatic heterocycles. The minimum Gasteiger partial charge on any atom is -0.506 e. The summed E-state index contributed by atoms with van der Waals surface area (Å²) < 4.78 is 43.9. The van der Waals surface area contributed by atoms with Crippen LogP contribution in [0.15, 0.2) is 110 Å². The van der Waals surface area contributed by atoms with E-state index >= 15 is 0 Å². The summed E-state index contributed by atoms with van der Waals surface area (Å²) in [6.45, 7) is 6.46. The standard InChI is InChI=1S/C38H28F3N4O.Pt/c1-37(2,3)26-12-14-28(15-13-26)45-32-11-5-10-30(29-16-18-42-22-33(29)46)35(32)44-36(45)25-8-4-7-23(19-25)31-21-27(38(39,40)41)20-24-9-6-17-43-34(24)31;/h4-18,20-22,46H,1-3H3;/q-1;. The molecular formula is C38H28F3N4OPt-. The molecule has 0 radical (unpaired) electrons. The molecule has 9 heteroatoms. The summed E-state index contributed by atoms with van der Waals surface area (Å²) in [7, 11) is 0. The van der Waals surface area contributed by atoms with Crippen LogP contribution in [0.1, 0.15) is 31.9 Å². The molecule has 0 bridgehead atoms. The summed E-state index contributed by atoms with van der Waals surface area (Å²) in [5, 5.41) is 11.1. The minimum absolute atomic E-state index is 0. The van der Waals surface area contributed by atoms with Crippen LogP contribution in [-0.2, 0) is 32.7 Å². The summed E-state index contributed by atoms with van der Waals surface area (Å²) in [6.07, 6.45) is 0.0435. The van der Waals surface area contributed by atoms with E-state index in [1.807, 2.05) is 41.0 Å². The number of hydrogen-bond acceptors (Lipinski definition) is 4. The van der Waals surface area contributed by atoms with Crippen molar-refractivity contribution in [1.29, 1.82) is 0 Å². The Hall–Kier alpha value is -4.81. The van der Waals surface area contributed by atoms with Gasteiger partial charge in [-0.15, -0.1) is 29.8 Å². The number of aromatic nitrogens is 4. The molecule has 7 aromatic rings. The zero-order valence-corrected chi connectivity index (χ0v) is 27.9. The van der Waals surface area contributed by atoms with Crippen LogP contribution in [0, 0.1) is 6.07 Å². The van der Waals surface area contributed by atoms with Gasteiger partial charge < -0.3 is 9.67 Å². The quantitative estimate of drug-likeness (QED) is 0.180. The molecule has 0 saturated heterocycles. The number of hydrogen-bond donors (Lipinski definition) is 1. The van der Waals surface area contributed by atoms with E-state index < -0.39 is 11.7 Å². The normalized spacial score (nSPS) is 12.0. The van der Waals surface area contributed by atoms with Crippen molar-refractivity contribution in [2.45, 2.75) is 32.4 Å². The van der Waals surface area contributed by atoms with Crippen molar-refractivity contribution in [2.75, 3.05) is 0 Å². The van der Waals surface area contributed by atoms with E-state index in [4.69, 9.17) is 4.98 Å². The number of nitrogens with zero attached hydrogens (tertiary/aromatic N) is 4. The summed E-state index contributed by atoms with van der Waals surface area (Å²) in [4.78, 5) is 13.6.